The Kier molecular flexibility index (Phi) is 3.71. The fourth-order valence-corrected chi connectivity index (χ4v) is 4.50. The normalized spacial score (nSPS) is 21.1. The van der Waals surface area contributed by atoms with Gasteiger partial charge in [0.2, 0.25) is 10.0 Å². The van der Waals surface area contributed by atoms with E-state index >= 15 is 0 Å². The summed E-state index contributed by atoms with van der Waals surface area (Å²) in [6, 6.07) is 7.31. The lowest BCUT2D eigenvalue weighted by molar-refractivity contribution is 0.306. The number of sulfonamides is 1. The van der Waals surface area contributed by atoms with Crippen LogP contribution in [-0.4, -0.2) is 33.1 Å². The first kappa shape index (κ1) is 14.8. The van der Waals surface area contributed by atoms with Gasteiger partial charge >= 0.3 is 0 Å². The summed E-state index contributed by atoms with van der Waals surface area (Å²) in [5.41, 5.74) is 6.88. The minimum Gasteiger partial charge on any atom is -0.367 e. The number of nitrogens with zero attached hydrogens (tertiary/aromatic N) is 1. The van der Waals surface area contributed by atoms with Gasteiger partial charge in [0.05, 0.1) is 11.2 Å². The van der Waals surface area contributed by atoms with Crippen LogP contribution in [0.15, 0.2) is 29.2 Å². The average Bonchev–Trinajstić information content (AvgIpc) is 3.19. The summed E-state index contributed by atoms with van der Waals surface area (Å²) in [5, 5.41) is 0. The molecule has 6 heteroatoms. The molecule has 0 radical (unpaired) electrons. The molecular formula is C15H23N3O2S. The van der Waals surface area contributed by atoms with Crippen LogP contribution < -0.4 is 15.4 Å². The summed E-state index contributed by atoms with van der Waals surface area (Å²) in [6.45, 7) is 3.56. The molecule has 2 fully saturated rings. The van der Waals surface area contributed by atoms with Gasteiger partial charge in [-0.1, -0.05) is 25.5 Å². The second-order valence-corrected chi connectivity index (χ2v) is 8.01. The van der Waals surface area contributed by atoms with Crippen molar-refractivity contribution in [3.63, 3.8) is 0 Å². The fraction of sp³-hybridized carbons (Fsp3) is 0.600. The topological polar surface area (TPSA) is 75.4 Å². The minimum atomic E-state index is -3.43. The van der Waals surface area contributed by atoms with E-state index in [4.69, 9.17) is 5.73 Å². The van der Waals surface area contributed by atoms with Crippen LogP contribution in [0.4, 0.5) is 5.69 Å². The third kappa shape index (κ3) is 3.07. The maximum absolute atomic E-state index is 12.5. The van der Waals surface area contributed by atoms with Crippen molar-refractivity contribution in [1.82, 2.24) is 4.72 Å². The zero-order valence-electron chi connectivity index (χ0n) is 12.4. The molecule has 1 aliphatic carbocycles. The molecule has 5 nitrogen and oxygen atoms in total. The maximum Gasteiger partial charge on any atom is 0.242 e. The van der Waals surface area contributed by atoms with Gasteiger partial charge in [-0.2, -0.15) is 0 Å². The molecule has 0 bridgehead atoms. The zero-order chi connectivity index (χ0) is 15.1. The van der Waals surface area contributed by atoms with Crippen LogP contribution in [0.2, 0.25) is 0 Å². The molecule has 0 spiro atoms. The van der Waals surface area contributed by atoms with Crippen molar-refractivity contribution in [2.45, 2.75) is 49.1 Å². The van der Waals surface area contributed by atoms with Gasteiger partial charge in [-0.05, 0) is 31.4 Å². The van der Waals surface area contributed by atoms with E-state index in [1.54, 1.807) is 12.1 Å². The summed E-state index contributed by atoms with van der Waals surface area (Å²) in [5.74, 6) is 0. The number of rotatable bonds is 6. The van der Waals surface area contributed by atoms with Gasteiger partial charge in [0.25, 0.3) is 0 Å². The van der Waals surface area contributed by atoms with Gasteiger partial charge in [-0.3, -0.25) is 0 Å². The quantitative estimate of drug-likeness (QED) is 0.834. The van der Waals surface area contributed by atoms with Gasteiger partial charge in [-0.25, -0.2) is 13.1 Å². The van der Waals surface area contributed by atoms with E-state index in [9.17, 15) is 8.42 Å². The van der Waals surface area contributed by atoms with E-state index in [0.717, 1.165) is 44.5 Å². The van der Waals surface area contributed by atoms with Crippen LogP contribution in [0.1, 0.15) is 32.6 Å². The number of para-hydroxylation sites is 1. The molecule has 3 rings (SSSR count). The van der Waals surface area contributed by atoms with Crippen LogP contribution >= 0.6 is 0 Å². The highest BCUT2D eigenvalue weighted by Gasteiger charge is 2.40. The molecule has 1 saturated heterocycles. The summed E-state index contributed by atoms with van der Waals surface area (Å²) < 4.78 is 27.7. The Labute approximate surface area is 126 Å². The number of nitrogens with two attached hydrogens (primary N) is 1. The fourth-order valence-electron chi connectivity index (χ4n) is 2.97. The summed E-state index contributed by atoms with van der Waals surface area (Å²) in [7, 11) is -3.43. The Hall–Kier alpha value is -1.11. The van der Waals surface area contributed by atoms with E-state index in [0.29, 0.717) is 4.90 Å². The first-order chi connectivity index (χ1) is 9.93. The molecule has 1 aromatic carbocycles. The van der Waals surface area contributed by atoms with Crippen molar-refractivity contribution in [3.05, 3.63) is 24.3 Å². The van der Waals surface area contributed by atoms with Crippen molar-refractivity contribution in [1.29, 1.82) is 0 Å². The monoisotopic (exact) mass is 309 g/mol. The molecular weight excluding hydrogens is 286 g/mol. The molecule has 2 aliphatic rings. The molecule has 0 atom stereocenters. The maximum atomic E-state index is 12.5. The average molecular weight is 309 g/mol. The Morgan fingerprint density at radius 1 is 1.33 bits per heavy atom. The molecule has 1 aromatic rings. The molecule has 21 heavy (non-hydrogen) atoms. The van der Waals surface area contributed by atoms with E-state index in [1.807, 2.05) is 12.1 Å². The van der Waals surface area contributed by atoms with Gasteiger partial charge in [0.1, 0.15) is 4.90 Å². The summed E-state index contributed by atoms with van der Waals surface area (Å²) in [4.78, 5) is 2.44. The minimum absolute atomic E-state index is 0.119. The van der Waals surface area contributed by atoms with E-state index in [2.05, 4.69) is 16.5 Å². The standard InChI is InChI=1S/C15H23N3O2S/c1-2-9-15(16)10-18(11-15)13-5-3-4-6-14(13)21(19,20)17-12-7-8-12/h3-6,12,17H,2,7-11,16H2,1H3. The van der Waals surface area contributed by atoms with Crippen LogP contribution in [0.3, 0.4) is 0 Å². The molecule has 116 valence electrons. The first-order valence-electron chi connectivity index (χ1n) is 7.59. The van der Waals surface area contributed by atoms with Crippen molar-refractivity contribution >= 4 is 15.7 Å². The molecule has 1 aliphatic heterocycles. The number of hydrogen-bond donors (Lipinski definition) is 2. The molecule has 0 unspecified atom stereocenters. The SMILES string of the molecule is CCCC1(N)CN(c2ccccc2S(=O)(=O)NC2CC2)C1. The summed E-state index contributed by atoms with van der Waals surface area (Å²) in [6.07, 6.45) is 3.90. The first-order valence-corrected chi connectivity index (χ1v) is 9.07. The zero-order valence-corrected chi connectivity index (χ0v) is 13.2. The van der Waals surface area contributed by atoms with E-state index < -0.39 is 10.0 Å². The van der Waals surface area contributed by atoms with E-state index in [1.165, 1.54) is 0 Å². The Morgan fingerprint density at radius 2 is 2.00 bits per heavy atom. The van der Waals surface area contributed by atoms with Crippen LogP contribution in [-0.2, 0) is 10.0 Å². The van der Waals surface area contributed by atoms with Crippen LogP contribution in [0, 0.1) is 0 Å². The largest absolute Gasteiger partial charge is 0.367 e. The summed E-state index contributed by atoms with van der Waals surface area (Å²) >= 11 is 0. The van der Waals surface area contributed by atoms with Crippen molar-refractivity contribution in [2.24, 2.45) is 5.73 Å². The second-order valence-electron chi connectivity index (χ2n) is 6.33. The lowest BCUT2D eigenvalue weighted by atomic mass is 9.86. The smallest absolute Gasteiger partial charge is 0.242 e. The predicted molar refractivity (Wildman–Crippen MR) is 83.8 cm³/mol. The third-order valence-electron chi connectivity index (χ3n) is 4.15. The van der Waals surface area contributed by atoms with Crippen LogP contribution in [0.25, 0.3) is 0 Å². The van der Waals surface area contributed by atoms with Gasteiger partial charge in [0.15, 0.2) is 0 Å². The predicted octanol–water partition coefficient (Wildman–Crippen LogP) is 1.44. The van der Waals surface area contributed by atoms with Crippen LogP contribution in [0.5, 0.6) is 0 Å². The molecule has 1 saturated carbocycles. The second kappa shape index (κ2) is 5.26. The van der Waals surface area contributed by atoms with Crippen molar-refractivity contribution < 1.29 is 8.42 Å². The number of benzene rings is 1. The highest BCUT2D eigenvalue weighted by Crippen LogP contribution is 2.34. The van der Waals surface area contributed by atoms with Gasteiger partial charge in [-0.15, -0.1) is 0 Å². The number of hydrogen-bond acceptors (Lipinski definition) is 4. The Balaban J connectivity index is 1.81. The van der Waals surface area contributed by atoms with E-state index in [-0.39, 0.29) is 11.6 Å². The molecule has 0 amide bonds. The molecule has 1 heterocycles. The molecule has 0 aromatic heterocycles. The van der Waals surface area contributed by atoms with Gasteiger partial charge < -0.3 is 10.6 Å². The Morgan fingerprint density at radius 3 is 2.62 bits per heavy atom. The van der Waals surface area contributed by atoms with Gasteiger partial charge in [0, 0.05) is 19.1 Å². The van der Waals surface area contributed by atoms with Crippen molar-refractivity contribution in [2.75, 3.05) is 18.0 Å². The van der Waals surface area contributed by atoms with Crippen molar-refractivity contribution in [3.8, 4) is 0 Å². The molecule has 3 N–H and O–H groups in total. The highest BCUT2D eigenvalue weighted by atomic mass is 32.2. The highest BCUT2D eigenvalue weighted by molar-refractivity contribution is 7.89. The third-order valence-corrected chi connectivity index (χ3v) is 5.72. The number of anilines is 1. The lowest BCUT2D eigenvalue weighted by Crippen LogP contribution is -2.67. The Bertz CT molecular complexity index is 620. The lowest BCUT2D eigenvalue weighted by Gasteiger charge is -2.49. The number of nitrogens with one attached hydrogen (secondary N) is 1.